The van der Waals surface area contributed by atoms with Gasteiger partial charge >= 0.3 is 0 Å². The Morgan fingerprint density at radius 1 is 0.893 bits per heavy atom. The lowest BCUT2D eigenvalue weighted by atomic mass is 9.78. The van der Waals surface area contributed by atoms with Gasteiger partial charge in [-0.3, -0.25) is 0 Å². The maximum Gasteiger partial charge on any atom is 0.0624 e. The van der Waals surface area contributed by atoms with Crippen LogP contribution in [0.5, 0.6) is 0 Å². The molecule has 0 aliphatic heterocycles. The van der Waals surface area contributed by atoms with Crippen molar-refractivity contribution in [3.05, 3.63) is 35.4 Å². The number of unbranched alkanes of at least 4 members (excludes halogenated alkanes) is 2. The zero-order valence-electron chi connectivity index (χ0n) is 17.9. The Hall–Kier alpha value is -1.33. The number of hydrogen-bond donors (Lipinski definition) is 0. The van der Waals surface area contributed by atoms with E-state index in [-0.39, 0.29) is 0 Å². The second-order valence-electron chi connectivity index (χ2n) is 9.25. The van der Waals surface area contributed by atoms with Gasteiger partial charge in [0.2, 0.25) is 0 Å². The van der Waals surface area contributed by atoms with E-state index >= 15 is 0 Å². The summed E-state index contributed by atoms with van der Waals surface area (Å²) in [5, 5.41) is 8.84. The van der Waals surface area contributed by atoms with Gasteiger partial charge in [-0.05, 0) is 93.1 Å². The van der Waals surface area contributed by atoms with Gasteiger partial charge < -0.3 is 4.74 Å². The third kappa shape index (κ3) is 6.63. The van der Waals surface area contributed by atoms with Crippen LogP contribution in [0.4, 0.5) is 0 Å². The molecule has 0 radical (unpaired) electrons. The summed E-state index contributed by atoms with van der Waals surface area (Å²) in [5.41, 5.74) is 3.05. The van der Waals surface area contributed by atoms with Crippen LogP contribution in [0, 0.1) is 23.2 Å². The van der Waals surface area contributed by atoms with Crippen LogP contribution in [0.25, 0.3) is 0 Å². The molecule has 0 unspecified atom stereocenters. The monoisotopic (exact) mass is 381 g/mol. The SMILES string of the molecule is CCCCCc1ccc(C2CCC(COC3CCC(CC#N)CC3)CC2)cc1. The molecular formula is C26H39NO. The Morgan fingerprint density at radius 3 is 2.21 bits per heavy atom. The predicted octanol–water partition coefficient (Wildman–Crippen LogP) is 7.18. The minimum atomic E-state index is 0.452. The maximum absolute atomic E-state index is 8.84. The Bertz CT molecular complexity index is 586. The molecule has 1 aromatic carbocycles. The molecule has 2 aliphatic rings. The van der Waals surface area contributed by atoms with Crippen LogP contribution >= 0.6 is 0 Å². The first-order valence-electron chi connectivity index (χ1n) is 11.9. The Labute approximate surface area is 172 Å². The number of rotatable bonds is 9. The summed E-state index contributed by atoms with van der Waals surface area (Å²) in [5.74, 6) is 2.13. The molecule has 154 valence electrons. The molecule has 0 aromatic heterocycles. The number of ether oxygens (including phenoxy) is 1. The molecule has 0 N–H and O–H groups in total. The third-order valence-corrected chi connectivity index (χ3v) is 7.11. The first kappa shape index (κ1) is 21.4. The number of nitriles is 1. The molecule has 2 heteroatoms. The van der Waals surface area contributed by atoms with E-state index in [0.29, 0.717) is 12.0 Å². The van der Waals surface area contributed by atoms with Crippen LogP contribution in [0.2, 0.25) is 0 Å². The van der Waals surface area contributed by atoms with Crippen molar-refractivity contribution in [3.63, 3.8) is 0 Å². The van der Waals surface area contributed by atoms with Crippen molar-refractivity contribution in [1.29, 1.82) is 5.26 Å². The fourth-order valence-electron chi connectivity index (χ4n) is 5.10. The van der Waals surface area contributed by atoms with Gasteiger partial charge in [-0.15, -0.1) is 0 Å². The topological polar surface area (TPSA) is 33.0 Å². The Kier molecular flexibility index (Phi) is 8.87. The van der Waals surface area contributed by atoms with E-state index in [4.69, 9.17) is 10.00 Å². The fourth-order valence-corrected chi connectivity index (χ4v) is 5.10. The van der Waals surface area contributed by atoms with Crippen LogP contribution in [0.3, 0.4) is 0 Å². The van der Waals surface area contributed by atoms with E-state index in [9.17, 15) is 0 Å². The first-order chi connectivity index (χ1) is 13.8. The summed E-state index contributed by atoms with van der Waals surface area (Å²) in [7, 11) is 0. The molecule has 2 fully saturated rings. The van der Waals surface area contributed by atoms with E-state index < -0.39 is 0 Å². The van der Waals surface area contributed by atoms with Crippen molar-refractivity contribution in [2.24, 2.45) is 11.8 Å². The highest BCUT2D eigenvalue weighted by molar-refractivity contribution is 5.26. The van der Waals surface area contributed by atoms with Gasteiger partial charge in [0.1, 0.15) is 0 Å². The van der Waals surface area contributed by atoms with Gasteiger partial charge in [-0.1, -0.05) is 44.0 Å². The second kappa shape index (κ2) is 11.6. The smallest absolute Gasteiger partial charge is 0.0624 e. The quantitative estimate of drug-likeness (QED) is 0.424. The minimum absolute atomic E-state index is 0.452. The molecule has 2 aliphatic carbocycles. The first-order valence-corrected chi connectivity index (χ1v) is 11.9. The summed E-state index contributed by atoms with van der Waals surface area (Å²) in [6.07, 6.45) is 16.3. The van der Waals surface area contributed by atoms with Crippen molar-refractivity contribution < 1.29 is 4.74 Å². The van der Waals surface area contributed by atoms with E-state index in [2.05, 4.69) is 37.3 Å². The van der Waals surface area contributed by atoms with Crippen molar-refractivity contribution in [1.82, 2.24) is 0 Å². The predicted molar refractivity (Wildman–Crippen MR) is 116 cm³/mol. The van der Waals surface area contributed by atoms with E-state index in [1.54, 1.807) is 5.56 Å². The van der Waals surface area contributed by atoms with Crippen LogP contribution < -0.4 is 0 Å². The molecule has 0 heterocycles. The highest BCUT2D eigenvalue weighted by Crippen LogP contribution is 2.37. The van der Waals surface area contributed by atoms with Gasteiger partial charge in [0, 0.05) is 13.0 Å². The lowest BCUT2D eigenvalue weighted by Gasteiger charge is -2.32. The zero-order valence-corrected chi connectivity index (χ0v) is 17.9. The molecule has 0 spiro atoms. The molecule has 0 atom stereocenters. The largest absolute Gasteiger partial charge is 0.378 e. The molecule has 1 aromatic rings. The van der Waals surface area contributed by atoms with Crippen molar-refractivity contribution in [3.8, 4) is 6.07 Å². The number of hydrogen-bond acceptors (Lipinski definition) is 2. The molecule has 0 saturated heterocycles. The number of nitrogens with zero attached hydrogens (tertiary/aromatic N) is 1. The van der Waals surface area contributed by atoms with Crippen LogP contribution in [-0.4, -0.2) is 12.7 Å². The third-order valence-electron chi connectivity index (χ3n) is 7.11. The molecule has 2 saturated carbocycles. The number of benzene rings is 1. The molecule has 28 heavy (non-hydrogen) atoms. The average Bonchev–Trinajstić information content (AvgIpc) is 2.75. The highest BCUT2D eigenvalue weighted by atomic mass is 16.5. The van der Waals surface area contributed by atoms with E-state index in [1.807, 2.05) is 0 Å². The Balaban J connectivity index is 1.34. The summed E-state index contributed by atoms with van der Waals surface area (Å²) in [6.45, 7) is 3.22. The van der Waals surface area contributed by atoms with Crippen molar-refractivity contribution >= 4 is 0 Å². The lowest BCUT2D eigenvalue weighted by Crippen LogP contribution is -2.25. The maximum atomic E-state index is 8.84. The van der Waals surface area contributed by atoms with Gasteiger partial charge in [0.25, 0.3) is 0 Å². The summed E-state index contributed by atoms with van der Waals surface area (Å²) in [4.78, 5) is 0. The molecular weight excluding hydrogens is 342 g/mol. The van der Waals surface area contributed by atoms with Gasteiger partial charge in [0.15, 0.2) is 0 Å². The van der Waals surface area contributed by atoms with Gasteiger partial charge in [0.05, 0.1) is 12.2 Å². The van der Waals surface area contributed by atoms with Crippen LogP contribution in [0.1, 0.15) is 101 Å². The van der Waals surface area contributed by atoms with E-state index in [0.717, 1.165) is 37.7 Å². The van der Waals surface area contributed by atoms with Crippen molar-refractivity contribution in [2.75, 3.05) is 6.61 Å². The molecule has 0 bridgehead atoms. The van der Waals surface area contributed by atoms with Gasteiger partial charge in [-0.25, -0.2) is 0 Å². The average molecular weight is 382 g/mol. The van der Waals surface area contributed by atoms with E-state index in [1.165, 1.54) is 69.8 Å². The van der Waals surface area contributed by atoms with Crippen molar-refractivity contribution in [2.45, 2.75) is 102 Å². The fraction of sp³-hybridized carbons (Fsp3) is 0.731. The van der Waals surface area contributed by atoms with Gasteiger partial charge in [-0.2, -0.15) is 5.26 Å². The molecule has 2 nitrogen and oxygen atoms in total. The summed E-state index contributed by atoms with van der Waals surface area (Å²) in [6, 6.07) is 11.8. The highest BCUT2D eigenvalue weighted by Gasteiger charge is 2.25. The normalized spacial score (nSPS) is 28.0. The zero-order chi connectivity index (χ0) is 19.6. The second-order valence-corrected chi connectivity index (χ2v) is 9.25. The lowest BCUT2D eigenvalue weighted by molar-refractivity contribution is -0.00737. The summed E-state index contributed by atoms with van der Waals surface area (Å²) >= 11 is 0. The number of aryl methyl sites for hydroxylation is 1. The molecule has 3 rings (SSSR count). The van der Waals surface area contributed by atoms with Crippen LogP contribution in [-0.2, 0) is 11.2 Å². The Morgan fingerprint density at radius 2 is 1.57 bits per heavy atom. The molecule has 0 amide bonds. The van der Waals surface area contributed by atoms with Crippen LogP contribution in [0.15, 0.2) is 24.3 Å². The summed E-state index contributed by atoms with van der Waals surface area (Å²) < 4.78 is 6.27. The standard InChI is InChI=1S/C26H39NO/c1-2-3-4-5-21-6-12-24(13-7-21)25-14-8-23(9-15-25)20-28-26-16-10-22(11-17-26)18-19-27/h6-7,12-13,22-23,25-26H,2-5,8-11,14-18,20H2,1H3. The minimum Gasteiger partial charge on any atom is -0.378 e.